The zero-order chi connectivity index (χ0) is 24.1. The van der Waals surface area contributed by atoms with Gasteiger partial charge in [0, 0.05) is 35.7 Å². The van der Waals surface area contributed by atoms with E-state index in [0.29, 0.717) is 5.69 Å². The van der Waals surface area contributed by atoms with Crippen molar-refractivity contribution < 1.29 is 37.4 Å². The Labute approximate surface area is 193 Å². The van der Waals surface area contributed by atoms with Gasteiger partial charge in [-0.1, -0.05) is 0 Å². The van der Waals surface area contributed by atoms with Gasteiger partial charge in [-0.25, -0.2) is 4.79 Å². The lowest BCUT2D eigenvalue weighted by Gasteiger charge is -2.18. The molecule has 2 aromatic carbocycles. The summed E-state index contributed by atoms with van der Waals surface area (Å²) in [6.07, 6.45) is 1.90. The van der Waals surface area contributed by atoms with E-state index in [-0.39, 0.29) is 41.6 Å². The van der Waals surface area contributed by atoms with E-state index in [1.54, 1.807) is 23.9 Å². The lowest BCUT2D eigenvalue weighted by Crippen LogP contribution is -2.28. The molecule has 0 bridgehead atoms. The third-order valence-electron chi connectivity index (χ3n) is 5.06. The normalized spacial score (nSPS) is 15.5. The molecule has 8 nitrogen and oxygen atoms in total. The maximum Gasteiger partial charge on any atom is 0.387 e. The number of anilines is 2. The molecule has 176 valence electrons. The van der Waals surface area contributed by atoms with Crippen molar-refractivity contribution in [3.8, 4) is 11.5 Å². The summed E-state index contributed by atoms with van der Waals surface area (Å²) in [5.41, 5.74) is 0.456. The van der Waals surface area contributed by atoms with Crippen LogP contribution in [0.2, 0.25) is 0 Å². The van der Waals surface area contributed by atoms with E-state index in [2.05, 4.69) is 10.1 Å². The molecule has 2 amide bonds. The number of halogens is 2. The fourth-order valence-electron chi connectivity index (χ4n) is 3.42. The number of esters is 1. The number of alkyl halides is 2. The minimum Gasteiger partial charge on any atom is -0.493 e. The van der Waals surface area contributed by atoms with E-state index >= 15 is 0 Å². The summed E-state index contributed by atoms with van der Waals surface area (Å²) in [5, 5.41) is 2.54. The molecule has 0 aliphatic carbocycles. The summed E-state index contributed by atoms with van der Waals surface area (Å²) >= 11 is 1.57. The van der Waals surface area contributed by atoms with Crippen LogP contribution in [0.3, 0.4) is 0 Å². The minimum absolute atomic E-state index is 0.0415. The monoisotopic (exact) mass is 480 g/mol. The standard InChI is InChI=1S/C22H22F2N2O6S/c1-30-17-9-15(21(29)31-2)16(10-18(17)32-22(23)24)25-20(28)12-8-19(27)26(11-12)13-4-6-14(33-3)7-5-13/h4-7,9-10,12,22H,8,11H2,1-3H3,(H,25,28). The highest BCUT2D eigenvalue weighted by Crippen LogP contribution is 2.36. The van der Waals surface area contributed by atoms with Crippen molar-refractivity contribution in [1.29, 1.82) is 0 Å². The van der Waals surface area contributed by atoms with Crippen LogP contribution in [0.4, 0.5) is 20.2 Å². The molecule has 0 radical (unpaired) electrons. The first-order chi connectivity index (χ1) is 15.8. The van der Waals surface area contributed by atoms with E-state index in [9.17, 15) is 23.2 Å². The molecule has 1 atom stereocenters. The van der Waals surface area contributed by atoms with Crippen molar-refractivity contribution in [3.63, 3.8) is 0 Å². The predicted molar refractivity (Wildman–Crippen MR) is 118 cm³/mol. The number of carbonyl (C=O) groups excluding carboxylic acids is 3. The van der Waals surface area contributed by atoms with Crippen LogP contribution in [0.25, 0.3) is 0 Å². The minimum atomic E-state index is -3.15. The molecule has 1 saturated heterocycles. The Hall–Kier alpha value is -3.34. The highest BCUT2D eigenvalue weighted by molar-refractivity contribution is 7.98. The summed E-state index contributed by atoms with van der Waals surface area (Å²) in [6.45, 7) is -3.02. The number of rotatable bonds is 8. The quantitative estimate of drug-likeness (QED) is 0.454. The molecule has 0 saturated carbocycles. The SMILES string of the molecule is COC(=O)c1cc(OC)c(OC(F)F)cc1NC(=O)C1CC(=O)N(c2ccc(SC)cc2)C1. The Morgan fingerprint density at radius 2 is 1.85 bits per heavy atom. The van der Waals surface area contributed by atoms with E-state index in [0.717, 1.165) is 24.1 Å². The fraction of sp³-hybridized carbons (Fsp3) is 0.318. The highest BCUT2D eigenvalue weighted by Gasteiger charge is 2.36. The molecule has 0 aromatic heterocycles. The molecule has 1 heterocycles. The lowest BCUT2D eigenvalue weighted by atomic mass is 10.1. The molecule has 1 fully saturated rings. The molecule has 3 rings (SSSR count). The zero-order valence-corrected chi connectivity index (χ0v) is 18.9. The van der Waals surface area contributed by atoms with Gasteiger partial charge in [-0.3, -0.25) is 9.59 Å². The average Bonchev–Trinajstić information content (AvgIpc) is 3.20. The molecule has 11 heteroatoms. The number of methoxy groups -OCH3 is 2. The van der Waals surface area contributed by atoms with Crippen LogP contribution in [0.15, 0.2) is 41.3 Å². The molecular formula is C22H22F2N2O6S. The summed E-state index contributed by atoms with van der Waals surface area (Å²) in [5.74, 6) is -2.81. The van der Waals surface area contributed by atoms with E-state index in [1.165, 1.54) is 12.0 Å². The largest absolute Gasteiger partial charge is 0.493 e. The highest BCUT2D eigenvalue weighted by atomic mass is 32.2. The van der Waals surface area contributed by atoms with Crippen molar-refractivity contribution in [2.24, 2.45) is 5.92 Å². The maximum atomic E-state index is 12.9. The van der Waals surface area contributed by atoms with Crippen molar-refractivity contribution in [2.75, 3.05) is 37.2 Å². The van der Waals surface area contributed by atoms with Crippen molar-refractivity contribution in [1.82, 2.24) is 0 Å². The number of amides is 2. The molecular weight excluding hydrogens is 458 g/mol. The Bertz CT molecular complexity index is 1050. The van der Waals surface area contributed by atoms with Gasteiger partial charge in [-0.05, 0) is 30.5 Å². The predicted octanol–water partition coefficient (Wildman–Crippen LogP) is 3.80. The first kappa shape index (κ1) is 24.3. The second-order valence-electron chi connectivity index (χ2n) is 7.01. The number of ether oxygens (including phenoxy) is 3. The maximum absolute atomic E-state index is 12.9. The van der Waals surface area contributed by atoms with E-state index in [1.807, 2.05) is 18.4 Å². The molecule has 33 heavy (non-hydrogen) atoms. The Morgan fingerprint density at radius 3 is 2.42 bits per heavy atom. The van der Waals surface area contributed by atoms with Crippen LogP contribution in [-0.2, 0) is 14.3 Å². The Balaban J connectivity index is 1.83. The molecule has 1 aliphatic heterocycles. The number of thioether (sulfide) groups is 1. The van der Waals surface area contributed by atoms with Crippen LogP contribution < -0.4 is 19.7 Å². The average molecular weight is 480 g/mol. The van der Waals surface area contributed by atoms with Crippen LogP contribution >= 0.6 is 11.8 Å². The second-order valence-corrected chi connectivity index (χ2v) is 7.89. The number of carbonyl (C=O) groups is 3. The number of hydrogen-bond donors (Lipinski definition) is 1. The summed E-state index contributed by atoms with van der Waals surface area (Å²) in [4.78, 5) is 40.2. The molecule has 0 spiro atoms. The van der Waals surface area contributed by atoms with Gasteiger partial charge in [-0.2, -0.15) is 8.78 Å². The van der Waals surface area contributed by atoms with Crippen LogP contribution in [-0.4, -0.2) is 51.4 Å². The Morgan fingerprint density at radius 1 is 1.15 bits per heavy atom. The van der Waals surface area contributed by atoms with Crippen LogP contribution in [0.5, 0.6) is 11.5 Å². The molecule has 1 aliphatic rings. The van der Waals surface area contributed by atoms with Gasteiger partial charge in [-0.15, -0.1) is 11.8 Å². The first-order valence-corrected chi connectivity index (χ1v) is 11.0. The number of nitrogens with one attached hydrogen (secondary N) is 1. The van der Waals surface area contributed by atoms with Gasteiger partial charge < -0.3 is 24.4 Å². The number of hydrogen-bond acceptors (Lipinski definition) is 7. The molecule has 1 N–H and O–H groups in total. The third-order valence-corrected chi connectivity index (χ3v) is 5.81. The van der Waals surface area contributed by atoms with E-state index < -0.39 is 24.4 Å². The number of benzene rings is 2. The Kier molecular flexibility index (Phi) is 7.75. The topological polar surface area (TPSA) is 94.2 Å². The van der Waals surface area contributed by atoms with Crippen molar-refractivity contribution in [3.05, 3.63) is 42.0 Å². The lowest BCUT2D eigenvalue weighted by molar-refractivity contribution is -0.122. The van der Waals surface area contributed by atoms with Gasteiger partial charge in [0.15, 0.2) is 11.5 Å². The van der Waals surface area contributed by atoms with Gasteiger partial charge >= 0.3 is 12.6 Å². The van der Waals surface area contributed by atoms with E-state index in [4.69, 9.17) is 9.47 Å². The first-order valence-electron chi connectivity index (χ1n) is 9.77. The summed E-state index contributed by atoms with van der Waals surface area (Å²) in [7, 11) is 2.36. The van der Waals surface area contributed by atoms with Crippen molar-refractivity contribution >= 4 is 40.9 Å². The van der Waals surface area contributed by atoms with Gasteiger partial charge in [0.1, 0.15) is 0 Å². The van der Waals surface area contributed by atoms with Crippen LogP contribution in [0.1, 0.15) is 16.8 Å². The molecule has 2 aromatic rings. The second kappa shape index (κ2) is 10.5. The number of nitrogens with zero attached hydrogens (tertiary/aromatic N) is 1. The third kappa shape index (κ3) is 5.54. The summed E-state index contributed by atoms with van der Waals surface area (Å²) < 4.78 is 39.7. The zero-order valence-electron chi connectivity index (χ0n) is 18.1. The van der Waals surface area contributed by atoms with Gasteiger partial charge in [0.25, 0.3) is 0 Å². The molecule has 1 unspecified atom stereocenters. The van der Waals surface area contributed by atoms with Gasteiger partial charge in [0.05, 0.1) is 31.4 Å². The van der Waals surface area contributed by atoms with Crippen LogP contribution in [0, 0.1) is 5.92 Å². The summed E-state index contributed by atoms with van der Waals surface area (Å²) in [6, 6.07) is 9.56. The van der Waals surface area contributed by atoms with Crippen molar-refractivity contribution in [2.45, 2.75) is 17.9 Å². The van der Waals surface area contributed by atoms with Gasteiger partial charge in [0.2, 0.25) is 11.8 Å². The smallest absolute Gasteiger partial charge is 0.387 e. The fourth-order valence-corrected chi connectivity index (χ4v) is 3.83.